The number of hydrogen-bond acceptors (Lipinski definition) is 3. The van der Waals surface area contributed by atoms with E-state index >= 15 is 0 Å². The van der Waals surface area contributed by atoms with Crippen molar-refractivity contribution in [2.24, 2.45) is 11.8 Å². The predicted octanol–water partition coefficient (Wildman–Crippen LogP) is 4.09. The highest BCUT2D eigenvalue weighted by molar-refractivity contribution is 5.78. The third-order valence-electron chi connectivity index (χ3n) is 6.33. The standard InChI is InChI=1S/C21H30FN3O/c1-15(14-25-21-11-18(22)4-3-17(21)12-23-25)13-24-19-5-6-20(24)10-16(9-19)7-8-26-2/h3-4,11-12,15-16,19-20H,5-10,13-14H2,1-2H3/t15-,16-,19+,20-/m1/s1. The average molecular weight is 359 g/mol. The Kier molecular flexibility index (Phi) is 5.28. The van der Waals surface area contributed by atoms with E-state index in [0.29, 0.717) is 5.92 Å². The number of ether oxygens (including phenoxy) is 1. The molecule has 1 aromatic heterocycles. The molecule has 0 saturated carbocycles. The van der Waals surface area contributed by atoms with Crippen LogP contribution in [0.2, 0.25) is 0 Å². The minimum Gasteiger partial charge on any atom is -0.385 e. The summed E-state index contributed by atoms with van der Waals surface area (Å²) >= 11 is 0. The Hall–Kier alpha value is -1.46. The zero-order valence-electron chi connectivity index (χ0n) is 15.9. The topological polar surface area (TPSA) is 30.3 Å². The molecule has 1 aromatic carbocycles. The molecule has 2 fully saturated rings. The van der Waals surface area contributed by atoms with Crippen molar-refractivity contribution in [3.8, 4) is 0 Å². The third kappa shape index (κ3) is 3.65. The van der Waals surface area contributed by atoms with Gasteiger partial charge in [-0.05, 0) is 62.1 Å². The molecular weight excluding hydrogens is 329 g/mol. The molecule has 3 heterocycles. The van der Waals surface area contributed by atoms with Gasteiger partial charge in [0.05, 0.1) is 11.7 Å². The Morgan fingerprint density at radius 2 is 2.00 bits per heavy atom. The summed E-state index contributed by atoms with van der Waals surface area (Å²) in [6.45, 7) is 5.14. The molecule has 26 heavy (non-hydrogen) atoms. The average Bonchev–Trinajstić information content (AvgIpc) is 3.10. The van der Waals surface area contributed by atoms with E-state index in [1.807, 2.05) is 16.9 Å². The maximum absolute atomic E-state index is 13.6. The number of piperidine rings is 1. The van der Waals surface area contributed by atoms with Crippen molar-refractivity contribution in [3.05, 3.63) is 30.2 Å². The van der Waals surface area contributed by atoms with Gasteiger partial charge in [0.25, 0.3) is 0 Å². The van der Waals surface area contributed by atoms with E-state index in [0.717, 1.165) is 48.6 Å². The van der Waals surface area contributed by atoms with Crippen LogP contribution >= 0.6 is 0 Å². The van der Waals surface area contributed by atoms with Crippen molar-refractivity contribution in [3.63, 3.8) is 0 Å². The molecular formula is C21H30FN3O. The Bertz CT molecular complexity index is 732. The van der Waals surface area contributed by atoms with Crippen LogP contribution in [-0.2, 0) is 11.3 Å². The zero-order valence-corrected chi connectivity index (χ0v) is 15.9. The molecule has 0 amide bonds. The predicted molar refractivity (Wildman–Crippen MR) is 102 cm³/mol. The maximum Gasteiger partial charge on any atom is 0.125 e. The van der Waals surface area contributed by atoms with E-state index in [2.05, 4.69) is 16.9 Å². The molecule has 2 saturated heterocycles. The molecule has 0 N–H and O–H groups in total. The SMILES string of the molecule is COCC[C@H]1C[C@H]2CC[C@@H](C1)N2C[C@@H](C)Cn1ncc2ccc(F)cc21. The van der Waals surface area contributed by atoms with Crippen LogP contribution in [0, 0.1) is 17.7 Å². The highest BCUT2D eigenvalue weighted by Crippen LogP contribution is 2.40. The van der Waals surface area contributed by atoms with E-state index in [1.54, 1.807) is 13.2 Å². The molecule has 0 radical (unpaired) electrons. The largest absolute Gasteiger partial charge is 0.385 e. The molecule has 2 aromatic rings. The lowest BCUT2D eigenvalue weighted by atomic mass is 9.88. The summed E-state index contributed by atoms with van der Waals surface area (Å²) in [5.74, 6) is 1.14. The summed E-state index contributed by atoms with van der Waals surface area (Å²) in [6, 6.07) is 6.39. The first-order chi connectivity index (χ1) is 12.6. The fourth-order valence-corrected chi connectivity index (χ4v) is 5.11. The van der Waals surface area contributed by atoms with E-state index in [4.69, 9.17) is 4.74 Å². The first-order valence-corrected chi connectivity index (χ1v) is 9.99. The van der Waals surface area contributed by atoms with Crippen molar-refractivity contribution in [1.29, 1.82) is 0 Å². The highest BCUT2D eigenvalue weighted by atomic mass is 19.1. The van der Waals surface area contributed by atoms with E-state index < -0.39 is 0 Å². The lowest BCUT2D eigenvalue weighted by molar-refractivity contribution is 0.0700. The van der Waals surface area contributed by atoms with Crippen LogP contribution in [0.5, 0.6) is 0 Å². The van der Waals surface area contributed by atoms with Crippen LogP contribution < -0.4 is 0 Å². The molecule has 0 unspecified atom stereocenters. The lowest BCUT2D eigenvalue weighted by Crippen LogP contribution is -2.45. The second-order valence-electron chi connectivity index (χ2n) is 8.34. The van der Waals surface area contributed by atoms with E-state index in [-0.39, 0.29) is 5.82 Å². The van der Waals surface area contributed by atoms with Gasteiger partial charge in [-0.25, -0.2) is 4.39 Å². The molecule has 2 aliphatic heterocycles. The number of aromatic nitrogens is 2. The van der Waals surface area contributed by atoms with Gasteiger partial charge in [0.15, 0.2) is 0 Å². The second-order valence-corrected chi connectivity index (χ2v) is 8.34. The molecule has 0 aliphatic carbocycles. The Morgan fingerprint density at radius 3 is 2.73 bits per heavy atom. The van der Waals surface area contributed by atoms with Crippen molar-refractivity contribution in [2.45, 2.75) is 57.7 Å². The number of fused-ring (bicyclic) bond motifs is 3. The number of hydrogen-bond donors (Lipinski definition) is 0. The minimum absolute atomic E-state index is 0.192. The van der Waals surface area contributed by atoms with Crippen LogP contribution in [0.15, 0.2) is 24.4 Å². The van der Waals surface area contributed by atoms with Crippen LogP contribution in [0.4, 0.5) is 4.39 Å². The van der Waals surface area contributed by atoms with Gasteiger partial charge in [-0.3, -0.25) is 9.58 Å². The van der Waals surface area contributed by atoms with Gasteiger partial charge in [-0.1, -0.05) is 6.92 Å². The van der Waals surface area contributed by atoms with Crippen molar-refractivity contribution in [1.82, 2.24) is 14.7 Å². The summed E-state index contributed by atoms with van der Waals surface area (Å²) in [5.41, 5.74) is 0.901. The van der Waals surface area contributed by atoms with Crippen LogP contribution in [0.1, 0.15) is 39.0 Å². The minimum atomic E-state index is -0.192. The summed E-state index contributed by atoms with van der Waals surface area (Å²) < 4.78 is 20.8. The Morgan fingerprint density at radius 1 is 1.23 bits per heavy atom. The smallest absolute Gasteiger partial charge is 0.125 e. The van der Waals surface area contributed by atoms with Gasteiger partial charge in [-0.15, -0.1) is 0 Å². The Balaban J connectivity index is 1.38. The summed E-state index contributed by atoms with van der Waals surface area (Å²) in [5, 5.41) is 5.50. The summed E-state index contributed by atoms with van der Waals surface area (Å²) in [7, 11) is 1.80. The molecule has 4 atom stereocenters. The van der Waals surface area contributed by atoms with Crippen molar-refractivity contribution >= 4 is 10.9 Å². The summed E-state index contributed by atoms with van der Waals surface area (Å²) in [4.78, 5) is 2.75. The second kappa shape index (κ2) is 7.65. The molecule has 2 aliphatic rings. The first kappa shape index (κ1) is 17.9. The number of benzene rings is 1. The number of methoxy groups -OCH3 is 1. The van der Waals surface area contributed by atoms with E-state index in [9.17, 15) is 4.39 Å². The van der Waals surface area contributed by atoms with Gasteiger partial charge in [0, 0.05) is 44.3 Å². The molecule has 5 heteroatoms. The summed E-state index contributed by atoms with van der Waals surface area (Å²) in [6.07, 6.45) is 8.38. The molecule has 0 spiro atoms. The fourth-order valence-electron chi connectivity index (χ4n) is 5.11. The fraction of sp³-hybridized carbons (Fsp3) is 0.667. The first-order valence-electron chi connectivity index (χ1n) is 9.99. The zero-order chi connectivity index (χ0) is 18.1. The quantitative estimate of drug-likeness (QED) is 0.746. The third-order valence-corrected chi connectivity index (χ3v) is 6.33. The van der Waals surface area contributed by atoms with Gasteiger partial charge in [0.1, 0.15) is 5.82 Å². The maximum atomic E-state index is 13.6. The number of nitrogens with zero attached hydrogens (tertiary/aromatic N) is 3. The van der Waals surface area contributed by atoms with Gasteiger partial charge in [-0.2, -0.15) is 5.10 Å². The van der Waals surface area contributed by atoms with E-state index in [1.165, 1.54) is 38.2 Å². The van der Waals surface area contributed by atoms with Crippen molar-refractivity contribution in [2.75, 3.05) is 20.3 Å². The lowest BCUT2D eigenvalue weighted by Gasteiger charge is -2.40. The molecule has 4 nitrogen and oxygen atoms in total. The van der Waals surface area contributed by atoms with Gasteiger partial charge < -0.3 is 4.74 Å². The van der Waals surface area contributed by atoms with Crippen LogP contribution in [-0.4, -0.2) is 47.0 Å². The molecule has 142 valence electrons. The van der Waals surface area contributed by atoms with Gasteiger partial charge >= 0.3 is 0 Å². The number of halogens is 1. The highest BCUT2D eigenvalue weighted by Gasteiger charge is 2.40. The monoisotopic (exact) mass is 359 g/mol. The Labute approximate surface area is 155 Å². The number of rotatable bonds is 7. The van der Waals surface area contributed by atoms with Crippen LogP contribution in [0.3, 0.4) is 0 Å². The molecule has 4 rings (SSSR count). The normalized spacial score (nSPS) is 27.3. The molecule has 2 bridgehead atoms. The van der Waals surface area contributed by atoms with Gasteiger partial charge in [0.2, 0.25) is 0 Å². The van der Waals surface area contributed by atoms with Crippen molar-refractivity contribution < 1.29 is 9.13 Å². The van der Waals surface area contributed by atoms with Crippen LogP contribution in [0.25, 0.3) is 10.9 Å².